The third-order valence-corrected chi connectivity index (χ3v) is 5.25. The van der Waals surface area contributed by atoms with Gasteiger partial charge in [0.05, 0.1) is 0 Å². The summed E-state index contributed by atoms with van der Waals surface area (Å²) >= 11 is 0. The van der Waals surface area contributed by atoms with E-state index in [4.69, 9.17) is 0 Å². The smallest absolute Gasteiger partial charge is 0.0103 e. The maximum atomic E-state index is 3.73. The van der Waals surface area contributed by atoms with Crippen molar-refractivity contribution in [2.45, 2.75) is 52.5 Å². The fraction of sp³-hybridized carbons (Fsp3) is 1.00. The predicted molar refractivity (Wildman–Crippen MR) is 74.1 cm³/mol. The molecule has 0 bridgehead atoms. The van der Waals surface area contributed by atoms with Crippen LogP contribution in [0.3, 0.4) is 0 Å². The summed E-state index contributed by atoms with van der Waals surface area (Å²) in [5.74, 6) is 2.81. The Kier molecular flexibility index (Phi) is 4.14. The van der Waals surface area contributed by atoms with Crippen LogP contribution >= 0.6 is 0 Å². The zero-order valence-electron chi connectivity index (χ0n) is 12.1. The topological polar surface area (TPSA) is 24.1 Å². The third kappa shape index (κ3) is 2.68. The Bertz CT molecular complexity index is 249. The molecule has 2 rings (SSSR count). The van der Waals surface area contributed by atoms with Crippen molar-refractivity contribution in [3.63, 3.8) is 0 Å². The minimum atomic E-state index is 0.586. The molecule has 0 saturated heterocycles. The molecule has 4 unspecified atom stereocenters. The van der Waals surface area contributed by atoms with Crippen LogP contribution in [0.1, 0.15) is 46.5 Å². The normalized spacial score (nSPS) is 40.2. The highest BCUT2D eigenvalue weighted by molar-refractivity contribution is 5.10. The monoisotopic (exact) mass is 238 g/mol. The summed E-state index contributed by atoms with van der Waals surface area (Å²) in [5, 5.41) is 7.10. The van der Waals surface area contributed by atoms with Crippen LogP contribution in [0.4, 0.5) is 0 Å². The van der Waals surface area contributed by atoms with Crippen molar-refractivity contribution >= 4 is 0 Å². The average molecular weight is 238 g/mol. The van der Waals surface area contributed by atoms with Gasteiger partial charge in [-0.15, -0.1) is 0 Å². The fourth-order valence-electron chi connectivity index (χ4n) is 4.28. The predicted octanol–water partition coefficient (Wildman–Crippen LogP) is 2.65. The van der Waals surface area contributed by atoms with Gasteiger partial charge in [0.15, 0.2) is 0 Å². The van der Waals surface area contributed by atoms with E-state index in [1.807, 2.05) is 0 Å². The maximum Gasteiger partial charge on any atom is 0.0103 e. The van der Waals surface area contributed by atoms with Gasteiger partial charge in [0.25, 0.3) is 0 Å². The Labute approximate surface area is 107 Å². The highest BCUT2D eigenvalue weighted by Gasteiger charge is 2.60. The zero-order valence-corrected chi connectivity index (χ0v) is 12.1. The van der Waals surface area contributed by atoms with Crippen molar-refractivity contribution in [2.24, 2.45) is 23.2 Å². The number of hydrogen-bond acceptors (Lipinski definition) is 2. The highest BCUT2D eigenvalue weighted by atomic mass is 14.9. The number of rotatable bonds is 4. The summed E-state index contributed by atoms with van der Waals surface area (Å²) in [6.07, 6.45) is 5.66. The fourth-order valence-corrected chi connectivity index (χ4v) is 4.28. The first-order valence-electron chi connectivity index (χ1n) is 7.49. The Hall–Kier alpha value is -0.0800. The first-order valence-corrected chi connectivity index (χ1v) is 7.49. The molecule has 0 amide bonds. The van der Waals surface area contributed by atoms with Crippen LogP contribution in [0.5, 0.6) is 0 Å². The van der Waals surface area contributed by atoms with E-state index in [1.54, 1.807) is 0 Å². The molecule has 0 aromatic rings. The van der Waals surface area contributed by atoms with Gasteiger partial charge in [0, 0.05) is 6.04 Å². The van der Waals surface area contributed by atoms with Crippen LogP contribution in [0.15, 0.2) is 0 Å². The molecule has 2 fully saturated rings. The van der Waals surface area contributed by atoms with E-state index in [0.29, 0.717) is 5.41 Å². The van der Waals surface area contributed by atoms with Crippen LogP contribution in [-0.4, -0.2) is 26.2 Å². The molecule has 2 saturated carbocycles. The quantitative estimate of drug-likeness (QED) is 0.787. The molecule has 0 aromatic carbocycles. The van der Waals surface area contributed by atoms with Crippen LogP contribution in [0.2, 0.25) is 0 Å². The minimum Gasteiger partial charge on any atom is -0.319 e. The summed E-state index contributed by atoms with van der Waals surface area (Å²) in [4.78, 5) is 0. The molecule has 2 aliphatic rings. The SMILES string of the molecule is CCNC1CCCC(CNC)CC2C1C2(C)C. The molecule has 0 radical (unpaired) electrons. The van der Waals surface area contributed by atoms with E-state index in [1.165, 1.54) is 32.2 Å². The van der Waals surface area contributed by atoms with E-state index in [2.05, 4.69) is 38.5 Å². The Balaban J connectivity index is 1.99. The van der Waals surface area contributed by atoms with E-state index in [-0.39, 0.29) is 0 Å². The largest absolute Gasteiger partial charge is 0.319 e. The van der Waals surface area contributed by atoms with Gasteiger partial charge in [-0.25, -0.2) is 0 Å². The van der Waals surface area contributed by atoms with Gasteiger partial charge in [-0.05, 0) is 62.6 Å². The average Bonchev–Trinajstić information content (AvgIpc) is 2.75. The molecule has 2 N–H and O–H groups in total. The third-order valence-electron chi connectivity index (χ3n) is 5.25. The molecule has 0 aliphatic heterocycles. The molecule has 0 aromatic heterocycles. The van der Waals surface area contributed by atoms with Gasteiger partial charge in [-0.2, -0.15) is 0 Å². The molecule has 2 nitrogen and oxygen atoms in total. The molecule has 17 heavy (non-hydrogen) atoms. The van der Waals surface area contributed by atoms with Crippen LogP contribution in [0, 0.1) is 23.2 Å². The van der Waals surface area contributed by atoms with Crippen molar-refractivity contribution in [1.82, 2.24) is 10.6 Å². The van der Waals surface area contributed by atoms with Gasteiger partial charge in [0.2, 0.25) is 0 Å². The van der Waals surface area contributed by atoms with Crippen LogP contribution in [-0.2, 0) is 0 Å². The van der Waals surface area contributed by atoms with Crippen LogP contribution < -0.4 is 10.6 Å². The molecular formula is C15H30N2. The van der Waals surface area contributed by atoms with Gasteiger partial charge < -0.3 is 10.6 Å². The second kappa shape index (κ2) is 5.27. The minimum absolute atomic E-state index is 0.586. The zero-order chi connectivity index (χ0) is 12.5. The van der Waals surface area contributed by atoms with Gasteiger partial charge in [-0.3, -0.25) is 0 Å². The van der Waals surface area contributed by atoms with Crippen molar-refractivity contribution in [3.8, 4) is 0 Å². The van der Waals surface area contributed by atoms with Crippen molar-refractivity contribution < 1.29 is 0 Å². The Morgan fingerprint density at radius 1 is 1.24 bits per heavy atom. The molecular weight excluding hydrogens is 208 g/mol. The molecule has 100 valence electrons. The molecule has 0 spiro atoms. The number of hydrogen-bond donors (Lipinski definition) is 2. The first-order chi connectivity index (χ1) is 8.11. The lowest BCUT2D eigenvalue weighted by molar-refractivity contribution is 0.314. The van der Waals surface area contributed by atoms with E-state index < -0.39 is 0 Å². The summed E-state index contributed by atoms with van der Waals surface area (Å²) in [6, 6.07) is 0.788. The van der Waals surface area contributed by atoms with E-state index in [9.17, 15) is 0 Å². The highest BCUT2D eigenvalue weighted by Crippen LogP contribution is 2.63. The summed E-state index contributed by atoms with van der Waals surface area (Å²) in [6.45, 7) is 9.55. The standard InChI is InChI=1S/C15H30N2/c1-5-17-13-8-6-7-11(10-16-4)9-12-14(13)15(12,2)3/h11-14,16-17H,5-10H2,1-4H3. The van der Waals surface area contributed by atoms with E-state index >= 15 is 0 Å². The summed E-state index contributed by atoms with van der Waals surface area (Å²) < 4.78 is 0. The molecule has 2 aliphatic carbocycles. The lowest BCUT2D eigenvalue weighted by Crippen LogP contribution is -2.34. The van der Waals surface area contributed by atoms with Gasteiger partial charge in [0.1, 0.15) is 0 Å². The molecule has 0 heterocycles. The number of fused-ring (bicyclic) bond motifs is 1. The second-order valence-corrected chi connectivity index (χ2v) is 6.71. The summed E-state index contributed by atoms with van der Waals surface area (Å²) in [7, 11) is 2.09. The van der Waals surface area contributed by atoms with Crippen LogP contribution in [0.25, 0.3) is 0 Å². The van der Waals surface area contributed by atoms with Gasteiger partial charge >= 0.3 is 0 Å². The number of nitrogens with one attached hydrogen (secondary N) is 2. The van der Waals surface area contributed by atoms with Gasteiger partial charge in [-0.1, -0.05) is 27.2 Å². The first kappa shape index (κ1) is 13.4. The van der Waals surface area contributed by atoms with Crippen molar-refractivity contribution in [2.75, 3.05) is 20.1 Å². The second-order valence-electron chi connectivity index (χ2n) is 6.71. The molecule has 2 heteroatoms. The summed E-state index contributed by atoms with van der Waals surface area (Å²) in [5.41, 5.74) is 0.586. The Morgan fingerprint density at radius 3 is 2.65 bits per heavy atom. The van der Waals surface area contributed by atoms with E-state index in [0.717, 1.165) is 30.3 Å². The molecule has 4 atom stereocenters. The Morgan fingerprint density at radius 2 is 2.00 bits per heavy atom. The van der Waals surface area contributed by atoms with Crippen molar-refractivity contribution in [1.29, 1.82) is 0 Å². The van der Waals surface area contributed by atoms with Crippen molar-refractivity contribution in [3.05, 3.63) is 0 Å². The maximum absolute atomic E-state index is 3.73. The lowest BCUT2D eigenvalue weighted by Gasteiger charge is -2.24. The lowest BCUT2D eigenvalue weighted by atomic mass is 9.89.